The van der Waals surface area contributed by atoms with E-state index >= 15 is 0 Å². The molecule has 1 aromatic rings. The van der Waals surface area contributed by atoms with Crippen molar-refractivity contribution < 1.29 is 18.8 Å². The normalized spacial score (nSPS) is 34.0. The fraction of sp³-hybridized carbons (Fsp3) is 0.581. The summed E-state index contributed by atoms with van der Waals surface area (Å²) in [5, 5.41) is 11.5. The predicted octanol–water partition coefficient (Wildman–Crippen LogP) is 6.12. The molecule has 39 heavy (non-hydrogen) atoms. The summed E-state index contributed by atoms with van der Waals surface area (Å²) in [6.07, 6.45) is 13.2. The zero-order valence-corrected chi connectivity index (χ0v) is 24.5. The molecule has 0 aromatic heterocycles. The number of carbonyl (C=O) groups excluding carboxylic acids is 1. The number of amides is 1. The van der Waals surface area contributed by atoms with Crippen molar-refractivity contribution in [2.75, 3.05) is 13.2 Å². The second-order valence-electron chi connectivity index (χ2n) is 11.6. The molecule has 8 heteroatoms. The van der Waals surface area contributed by atoms with Gasteiger partial charge in [0.05, 0.1) is 18.8 Å². The molecular weight excluding hydrogens is 532 g/mol. The van der Waals surface area contributed by atoms with Crippen molar-refractivity contribution in [3.8, 4) is 0 Å². The molecule has 6 nitrogen and oxygen atoms in total. The third-order valence-electron chi connectivity index (χ3n) is 9.07. The standard InChI is InChI=1S/C31H40ClN2O4S/c1-20-6-5-8-29(35)27-13-10-25(27)19-34-18-24-9-12-26(32)16-22(24)7-3-4-15-38-30-14-11-23(17-28(30)34)31(36)33-39(37)21(20)2/h5,8-9,11-12,14,16,20-21,25,27-29,35H,3-4,6-7,10,13,15,17-19H2,1-2H3/q-1/b8-5+/t20-,21+,25-,27+,28?,29-/m0/s1. The molecule has 2 heterocycles. The molecular formula is C31H40ClN2O4S-. The lowest BCUT2D eigenvalue weighted by atomic mass is 9.70. The lowest BCUT2D eigenvalue weighted by molar-refractivity contribution is -0.114. The van der Waals surface area contributed by atoms with Crippen LogP contribution in [-0.2, 0) is 37.3 Å². The summed E-state index contributed by atoms with van der Waals surface area (Å²) in [6.45, 7) is 6.01. The monoisotopic (exact) mass is 571 g/mol. The Morgan fingerprint density at radius 2 is 2.00 bits per heavy atom. The van der Waals surface area contributed by atoms with Crippen molar-refractivity contribution in [2.24, 2.45) is 22.1 Å². The summed E-state index contributed by atoms with van der Waals surface area (Å²) in [5.74, 6) is 1.08. The van der Waals surface area contributed by atoms with Gasteiger partial charge in [-0.15, -0.1) is 0 Å². The van der Waals surface area contributed by atoms with Crippen LogP contribution < -0.4 is 0 Å². The molecule has 0 radical (unpaired) electrons. The van der Waals surface area contributed by atoms with Gasteiger partial charge in [-0.25, -0.2) is 0 Å². The fourth-order valence-corrected chi connectivity index (χ4v) is 7.30. The van der Waals surface area contributed by atoms with E-state index in [9.17, 15) is 14.1 Å². The van der Waals surface area contributed by atoms with Crippen molar-refractivity contribution in [3.05, 3.63) is 70.0 Å². The van der Waals surface area contributed by atoms with E-state index in [2.05, 4.69) is 21.4 Å². The van der Waals surface area contributed by atoms with Crippen LogP contribution in [0.15, 0.2) is 58.2 Å². The van der Waals surface area contributed by atoms with Gasteiger partial charge in [-0.3, -0.25) is 9.69 Å². The molecule has 1 amide bonds. The third-order valence-corrected chi connectivity index (χ3v) is 10.8. The third kappa shape index (κ3) is 6.70. The van der Waals surface area contributed by atoms with E-state index < -0.39 is 22.6 Å². The molecule has 5 rings (SSSR count). The van der Waals surface area contributed by atoms with Gasteiger partial charge < -0.3 is 18.4 Å². The van der Waals surface area contributed by atoms with Crippen LogP contribution in [0.2, 0.25) is 5.02 Å². The zero-order valence-electron chi connectivity index (χ0n) is 22.9. The van der Waals surface area contributed by atoms with E-state index in [0.717, 1.165) is 49.4 Å². The second-order valence-corrected chi connectivity index (χ2v) is 13.6. The molecule has 2 aliphatic heterocycles. The van der Waals surface area contributed by atoms with Crippen molar-refractivity contribution in [1.29, 1.82) is 0 Å². The lowest BCUT2D eigenvalue weighted by Crippen LogP contribution is -2.47. The molecule has 212 valence electrons. The molecule has 1 fully saturated rings. The number of aryl methyl sites for hydroxylation is 1. The largest absolute Gasteiger partial charge is 0.496 e. The van der Waals surface area contributed by atoms with E-state index in [0.29, 0.717) is 37.5 Å². The van der Waals surface area contributed by atoms with Crippen LogP contribution in [0.25, 0.3) is 0 Å². The second kappa shape index (κ2) is 12.7. The highest BCUT2D eigenvalue weighted by Gasteiger charge is 2.39. The molecule has 0 spiro atoms. The van der Waals surface area contributed by atoms with Crippen molar-refractivity contribution in [3.63, 3.8) is 0 Å². The number of hydrogen-bond acceptors (Lipinski definition) is 6. The number of allylic oxidation sites excluding steroid dienone is 3. The molecule has 0 saturated heterocycles. The van der Waals surface area contributed by atoms with Crippen LogP contribution in [0.4, 0.5) is 0 Å². The number of aliphatic hydroxyl groups is 1. The van der Waals surface area contributed by atoms with Gasteiger partial charge in [0.15, 0.2) is 0 Å². The molecule has 4 aliphatic rings. The highest BCUT2D eigenvalue weighted by molar-refractivity contribution is 7.75. The summed E-state index contributed by atoms with van der Waals surface area (Å²) in [4.78, 5) is 15.7. The van der Waals surface area contributed by atoms with Crippen molar-refractivity contribution in [1.82, 2.24) is 4.90 Å². The smallest absolute Gasteiger partial charge is 0.249 e. The molecule has 1 saturated carbocycles. The number of carbonyl (C=O) groups is 1. The maximum atomic E-state index is 13.3. The number of aliphatic hydroxyl groups excluding tert-OH is 1. The van der Waals surface area contributed by atoms with Gasteiger partial charge in [0.1, 0.15) is 5.76 Å². The predicted molar refractivity (Wildman–Crippen MR) is 155 cm³/mol. The molecule has 1 unspecified atom stereocenters. The summed E-state index contributed by atoms with van der Waals surface area (Å²) in [6, 6.07) is 6.02. The van der Waals surface area contributed by atoms with Crippen LogP contribution in [-0.4, -0.2) is 46.5 Å². The number of halogens is 1. The average molecular weight is 572 g/mol. The zero-order chi connectivity index (χ0) is 27.5. The van der Waals surface area contributed by atoms with Gasteiger partial charge in [-0.2, -0.15) is 10.6 Å². The first-order valence-electron chi connectivity index (χ1n) is 14.4. The van der Waals surface area contributed by atoms with Gasteiger partial charge in [0.25, 0.3) is 0 Å². The number of nitrogens with zero attached hydrogens (tertiary/aromatic N) is 2. The van der Waals surface area contributed by atoms with Gasteiger partial charge >= 0.3 is 0 Å². The van der Waals surface area contributed by atoms with Gasteiger partial charge in [0.2, 0.25) is 5.91 Å². The van der Waals surface area contributed by atoms with Gasteiger partial charge in [-0.05, 0) is 79.7 Å². The Morgan fingerprint density at radius 1 is 1.15 bits per heavy atom. The molecule has 2 bridgehead atoms. The Morgan fingerprint density at radius 3 is 2.79 bits per heavy atom. The van der Waals surface area contributed by atoms with Crippen LogP contribution >= 0.6 is 11.6 Å². The van der Waals surface area contributed by atoms with Crippen LogP contribution in [0.3, 0.4) is 0 Å². The highest BCUT2D eigenvalue weighted by atomic mass is 35.5. The summed E-state index contributed by atoms with van der Waals surface area (Å²) in [5.41, 5.74) is 3.06. The maximum absolute atomic E-state index is 13.3. The van der Waals surface area contributed by atoms with Crippen LogP contribution in [0.5, 0.6) is 0 Å². The molecule has 1 N–H and O–H groups in total. The minimum Gasteiger partial charge on any atom is -0.496 e. The minimum atomic E-state index is -1.63. The van der Waals surface area contributed by atoms with E-state index in [4.69, 9.17) is 16.3 Å². The lowest BCUT2D eigenvalue weighted by Gasteiger charge is -2.44. The topological polar surface area (TPSA) is 79.2 Å². The Balaban J connectivity index is 1.55. The maximum Gasteiger partial charge on any atom is 0.249 e. The molecule has 6 atom stereocenters. The van der Waals surface area contributed by atoms with Gasteiger partial charge in [-0.1, -0.05) is 60.9 Å². The number of hydrogen-bond donors (Lipinski definition) is 1. The SMILES string of the molecule is C[C@@H]1[C@@H](C)C/C=C/[C@H](O)[C@@H]2CC[C@H]2CN2Cc3ccc(Cl)cc3CCCCOC3=CC=C(CC32)C(=O)N=[S-]1=O. The Hall–Kier alpha value is -1.93. The van der Waals surface area contributed by atoms with E-state index in [1.165, 1.54) is 11.1 Å². The highest BCUT2D eigenvalue weighted by Crippen LogP contribution is 2.40. The minimum absolute atomic E-state index is 0.0717. The first kappa shape index (κ1) is 28.6. The molecule has 2 aliphatic carbocycles. The van der Waals surface area contributed by atoms with Gasteiger partial charge in [0, 0.05) is 30.1 Å². The molecule has 1 aromatic carbocycles. The first-order valence-corrected chi connectivity index (χ1v) is 15.9. The van der Waals surface area contributed by atoms with Crippen LogP contribution in [0, 0.1) is 17.8 Å². The van der Waals surface area contributed by atoms with E-state index in [1.807, 2.05) is 38.1 Å². The Labute approximate surface area is 239 Å². The Bertz CT molecular complexity index is 1250. The number of benzene rings is 1. The summed E-state index contributed by atoms with van der Waals surface area (Å²) < 4.78 is 23.5. The van der Waals surface area contributed by atoms with Crippen LogP contribution in [0.1, 0.15) is 63.5 Å². The van der Waals surface area contributed by atoms with E-state index in [1.54, 1.807) is 6.08 Å². The first-order chi connectivity index (χ1) is 18.8. The average Bonchev–Trinajstić information content (AvgIpc) is 2.92. The number of rotatable bonds is 0. The summed E-state index contributed by atoms with van der Waals surface area (Å²) >= 11 is 6.39. The van der Waals surface area contributed by atoms with Crippen molar-refractivity contribution in [2.45, 2.75) is 82.7 Å². The van der Waals surface area contributed by atoms with E-state index in [-0.39, 0.29) is 23.1 Å². The quantitative estimate of drug-likeness (QED) is 0.300. The van der Waals surface area contributed by atoms with Crippen molar-refractivity contribution >= 4 is 28.1 Å². The number of fused-ring (bicyclic) bond motifs is 3. The summed E-state index contributed by atoms with van der Waals surface area (Å²) in [7, 11) is -1.63. The number of ether oxygens (including phenoxy) is 1. The Kier molecular flexibility index (Phi) is 9.32. The fourth-order valence-electron chi connectivity index (χ4n) is 6.15.